The molecule has 14 heavy (non-hydrogen) atoms. The fourth-order valence-electron chi connectivity index (χ4n) is 1.34. The van der Waals surface area contributed by atoms with Gasteiger partial charge in [0.25, 0.3) is 0 Å². The number of benzene rings is 1. The van der Waals surface area contributed by atoms with Gasteiger partial charge in [0.05, 0.1) is 0 Å². The third-order valence-corrected chi connectivity index (χ3v) is 2.20. The molecule has 1 aromatic carbocycles. The Labute approximate surface area is 86.9 Å². The Balaban J connectivity index is 2.30. The van der Waals surface area contributed by atoms with Crippen LogP contribution in [0.3, 0.4) is 0 Å². The van der Waals surface area contributed by atoms with E-state index in [1.807, 2.05) is 6.07 Å². The first-order valence-corrected chi connectivity index (χ1v) is 5.15. The van der Waals surface area contributed by atoms with Crippen LogP contribution in [0.5, 0.6) is 0 Å². The molecule has 0 aliphatic heterocycles. The lowest BCUT2D eigenvalue weighted by Gasteiger charge is -2.17. The Kier molecular flexibility index (Phi) is 4.47. The van der Waals surface area contributed by atoms with Gasteiger partial charge < -0.3 is 10.2 Å². The van der Waals surface area contributed by atoms with Gasteiger partial charge in [-0.3, -0.25) is 0 Å². The molecular weight excluding hydrogens is 172 g/mol. The predicted molar refractivity (Wildman–Crippen MR) is 62.7 cm³/mol. The molecule has 0 radical (unpaired) electrons. The molecule has 1 N–H and O–H groups in total. The topological polar surface area (TPSA) is 15.3 Å². The van der Waals surface area contributed by atoms with Crippen LogP contribution >= 0.6 is 0 Å². The van der Waals surface area contributed by atoms with Crippen molar-refractivity contribution < 1.29 is 0 Å². The lowest BCUT2D eigenvalue weighted by molar-refractivity contribution is 0.390. The van der Waals surface area contributed by atoms with Gasteiger partial charge in [-0.05, 0) is 46.1 Å². The second kappa shape index (κ2) is 5.66. The number of para-hydroxylation sites is 1. The van der Waals surface area contributed by atoms with E-state index in [4.69, 9.17) is 0 Å². The van der Waals surface area contributed by atoms with Crippen LogP contribution in [0.2, 0.25) is 0 Å². The molecule has 78 valence electrons. The maximum absolute atomic E-state index is 3.47. The lowest BCUT2D eigenvalue weighted by Crippen LogP contribution is -2.22. The van der Waals surface area contributed by atoms with Gasteiger partial charge in [0.1, 0.15) is 0 Å². The highest BCUT2D eigenvalue weighted by Crippen LogP contribution is 2.08. The van der Waals surface area contributed by atoms with Gasteiger partial charge in [-0.1, -0.05) is 18.2 Å². The van der Waals surface area contributed by atoms with E-state index in [1.165, 1.54) is 12.1 Å². The van der Waals surface area contributed by atoms with Crippen molar-refractivity contribution in [3.05, 3.63) is 30.3 Å². The monoisotopic (exact) mass is 192 g/mol. The van der Waals surface area contributed by atoms with Crippen molar-refractivity contribution in [1.82, 2.24) is 4.90 Å². The molecule has 1 rings (SSSR count). The molecule has 0 saturated carbocycles. The van der Waals surface area contributed by atoms with Crippen molar-refractivity contribution in [2.75, 3.05) is 26.0 Å². The first-order chi connectivity index (χ1) is 6.68. The van der Waals surface area contributed by atoms with Crippen molar-refractivity contribution in [3.8, 4) is 0 Å². The zero-order chi connectivity index (χ0) is 10.4. The minimum atomic E-state index is 0.528. The Morgan fingerprint density at radius 1 is 1.21 bits per heavy atom. The third-order valence-electron chi connectivity index (χ3n) is 2.20. The van der Waals surface area contributed by atoms with Crippen LogP contribution in [-0.4, -0.2) is 31.6 Å². The van der Waals surface area contributed by atoms with Crippen LogP contribution in [0.4, 0.5) is 5.69 Å². The average Bonchev–Trinajstić information content (AvgIpc) is 2.16. The summed E-state index contributed by atoms with van der Waals surface area (Å²) in [7, 11) is 4.21. The van der Waals surface area contributed by atoms with E-state index >= 15 is 0 Å². The maximum atomic E-state index is 3.47. The van der Waals surface area contributed by atoms with Gasteiger partial charge in [-0.25, -0.2) is 0 Å². The predicted octanol–water partition coefficient (Wildman–Crippen LogP) is 2.44. The van der Waals surface area contributed by atoms with E-state index in [9.17, 15) is 0 Å². The number of hydrogen-bond acceptors (Lipinski definition) is 2. The zero-order valence-electron chi connectivity index (χ0n) is 9.33. The highest BCUT2D eigenvalue weighted by atomic mass is 15.1. The van der Waals surface area contributed by atoms with Gasteiger partial charge in [-0.15, -0.1) is 0 Å². The highest BCUT2D eigenvalue weighted by molar-refractivity contribution is 5.43. The average molecular weight is 192 g/mol. The first kappa shape index (κ1) is 11.1. The molecule has 0 heterocycles. The summed E-state index contributed by atoms with van der Waals surface area (Å²) in [5.74, 6) is 0. The summed E-state index contributed by atoms with van der Waals surface area (Å²) in [6, 6.07) is 10.9. The fraction of sp³-hybridized carbons (Fsp3) is 0.500. The number of anilines is 1. The highest BCUT2D eigenvalue weighted by Gasteiger charge is 2.01. The number of hydrogen-bond donors (Lipinski definition) is 1. The van der Waals surface area contributed by atoms with Gasteiger partial charge in [0, 0.05) is 11.7 Å². The maximum Gasteiger partial charge on any atom is 0.0342 e. The molecule has 2 nitrogen and oxygen atoms in total. The molecule has 0 amide bonds. The van der Waals surface area contributed by atoms with E-state index in [0.717, 1.165) is 6.54 Å². The summed E-state index contributed by atoms with van der Waals surface area (Å²) < 4.78 is 0. The van der Waals surface area contributed by atoms with Crippen molar-refractivity contribution in [2.24, 2.45) is 0 Å². The Morgan fingerprint density at radius 2 is 1.86 bits per heavy atom. The molecular formula is C12H20N2. The second-order valence-corrected chi connectivity index (χ2v) is 4.00. The van der Waals surface area contributed by atoms with E-state index in [0.29, 0.717) is 6.04 Å². The SMILES string of the molecule is CC(CCN(C)C)Nc1ccccc1. The quantitative estimate of drug-likeness (QED) is 0.771. The standard InChI is InChI=1S/C12H20N2/c1-11(9-10-14(2)3)13-12-7-5-4-6-8-12/h4-8,11,13H,9-10H2,1-3H3. The van der Waals surface area contributed by atoms with Crippen molar-refractivity contribution >= 4 is 5.69 Å². The van der Waals surface area contributed by atoms with Crippen LogP contribution in [0.25, 0.3) is 0 Å². The van der Waals surface area contributed by atoms with E-state index in [1.54, 1.807) is 0 Å². The normalized spacial score (nSPS) is 12.9. The van der Waals surface area contributed by atoms with Crippen molar-refractivity contribution in [2.45, 2.75) is 19.4 Å². The van der Waals surface area contributed by atoms with Crippen molar-refractivity contribution in [1.29, 1.82) is 0 Å². The fourth-order valence-corrected chi connectivity index (χ4v) is 1.34. The smallest absolute Gasteiger partial charge is 0.0342 e. The van der Waals surface area contributed by atoms with E-state index < -0.39 is 0 Å². The summed E-state index contributed by atoms with van der Waals surface area (Å²) in [5.41, 5.74) is 1.21. The molecule has 0 bridgehead atoms. The third kappa shape index (κ3) is 4.28. The summed E-state index contributed by atoms with van der Waals surface area (Å²) in [6.07, 6.45) is 1.17. The summed E-state index contributed by atoms with van der Waals surface area (Å²) >= 11 is 0. The molecule has 1 atom stereocenters. The van der Waals surface area contributed by atoms with Crippen LogP contribution in [0, 0.1) is 0 Å². The molecule has 1 unspecified atom stereocenters. The summed E-state index contributed by atoms with van der Waals surface area (Å²) in [5, 5.41) is 3.47. The molecule has 0 aliphatic rings. The minimum Gasteiger partial charge on any atom is -0.383 e. The van der Waals surface area contributed by atoms with Crippen LogP contribution < -0.4 is 5.32 Å². The van der Waals surface area contributed by atoms with Gasteiger partial charge in [0.2, 0.25) is 0 Å². The summed E-state index contributed by atoms with van der Waals surface area (Å²) in [6.45, 7) is 3.34. The first-order valence-electron chi connectivity index (χ1n) is 5.15. The van der Waals surface area contributed by atoms with E-state index in [-0.39, 0.29) is 0 Å². The lowest BCUT2D eigenvalue weighted by atomic mass is 10.2. The van der Waals surface area contributed by atoms with E-state index in [2.05, 4.69) is 55.5 Å². The van der Waals surface area contributed by atoms with Crippen LogP contribution in [0.1, 0.15) is 13.3 Å². The molecule has 0 fully saturated rings. The Morgan fingerprint density at radius 3 is 2.43 bits per heavy atom. The zero-order valence-corrected chi connectivity index (χ0v) is 9.33. The molecule has 0 aromatic heterocycles. The second-order valence-electron chi connectivity index (χ2n) is 4.00. The van der Waals surface area contributed by atoms with Gasteiger partial charge >= 0.3 is 0 Å². The number of rotatable bonds is 5. The number of nitrogens with one attached hydrogen (secondary N) is 1. The summed E-state index contributed by atoms with van der Waals surface area (Å²) in [4.78, 5) is 2.21. The number of nitrogens with zero attached hydrogens (tertiary/aromatic N) is 1. The molecule has 0 aliphatic carbocycles. The van der Waals surface area contributed by atoms with Crippen LogP contribution in [0.15, 0.2) is 30.3 Å². The van der Waals surface area contributed by atoms with Crippen molar-refractivity contribution in [3.63, 3.8) is 0 Å². The largest absolute Gasteiger partial charge is 0.383 e. The van der Waals surface area contributed by atoms with Gasteiger partial charge in [0.15, 0.2) is 0 Å². The molecule has 1 aromatic rings. The molecule has 0 saturated heterocycles. The minimum absolute atomic E-state index is 0.528. The van der Waals surface area contributed by atoms with Gasteiger partial charge in [-0.2, -0.15) is 0 Å². The van der Waals surface area contributed by atoms with Crippen LogP contribution in [-0.2, 0) is 0 Å². The molecule has 2 heteroatoms. The molecule has 0 spiro atoms. The Hall–Kier alpha value is -1.02. The Bertz CT molecular complexity index is 244.